The minimum absolute atomic E-state index is 0.0854. The number of rotatable bonds is 10. The van der Waals surface area contributed by atoms with Gasteiger partial charge in [0.25, 0.3) is 0 Å². The number of phenolic OH excluding ortho intramolecular Hbond substituents is 1. The molecule has 0 fully saturated rings. The second kappa shape index (κ2) is 9.36. The summed E-state index contributed by atoms with van der Waals surface area (Å²) < 4.78 is 0. The Labute approximate surface area is 132 Å². The van der Waals surface area contributed by atoms with Crippen LogP contribution >= 0.6 is 0 Å². The number of unbranched alkanes of at least 4 members (excludes halogenated alkanes) is 1. The second-order valence-electron chi connectivity index (χ2n) is 6.03. The molecule has 0 unspecified atom stereocenters. The van der Waals surface area contributed by atoms with Gasteiger partial charge in [-0.3, -0.25) is 9.59 Å². The summed E-state index contributed by atoms with van der Waals surface area (Å²) in [5.74, 6) is 0.129. The molecule has 122 valence electrons. The molecule has 0 aromatic heterocycles. The summed E-state index contributed by atoms with van der Waals surface area (Å²) in [5, 5.41) is 9.27. The van der Waals surface area contributed by atoms with Gasteiger partial charge >= 0.3 is 0 Å². The molecular weight excluding hydrogens is 278 g/mol. The summed E-state index contributed by atoms with van der Waals surface area (Å²) in [5.41, 5.74) is 6.48. The summed E-state index contributed by atoms with van der Waals surface area (Å²) in [6.07, 6.45) is 3.47. The molecule has 0 amide bonds. The predicted molar refractivity (Wildman–Crippen MR) is 87.7 cm³/mol. The number of ketones is 2. The molecule has 0 aliphatic heterocycles. The van der Waals surface area contributed by atoms with Gasteiger partial charge in [-0.25, -0.2) is 0 Å². The lowest BCUT2D eigenvalue weighted by Gasteiger charge is -2.16. The number of benzene rings is 1. The Morgan fingerprint density at radius 1 is 1.18 bits per heavy atom. The molecule has 2 atom stereocenters. The van der Waals surface area contributed by atoms with Gasteiger partial charge in [0.2, 0.25) is 0 Å². The maximum absolute atomic E-state index is 12.3. The molecule has 22 heavy (non-hydrogen) atoms. The van der Waals surface area contributed by atoms with E-state index in [0.717, 1.165) is 24.8 Å². The maximum Gasteiger partial charge on any atom is 0.136 e. The minimum atomic E-state index is -0.179. The van der Waals surface area contributed by atoms with Gasteiger partial charge in [0.05, 0.1) is 0 Å². The van der Waals surface area contributed by atoms with E-state index < -0.39 is 0 Å². The molecule has 0 spiro atoms. The quantitative estimate of drug-likeness (QED) is 0.651. The van der Waals surface area contributed by atoms with Crippen molar-refractivity contribution in [1.82, 2.24) is 0 Å². The van der Waals surface area contributed by atoms with Gasteiger partial charge in [0, 0.05) is 18.3 Å². The van der Waals surface area contributed by atoms with E-state index in [1.165, 1.54) is 0 Å². The maximum atomic E-state index is 12.3. The van der Waals surface area contributed by atoms with Crippen molar-refractivity contribution in [3.05, 3.63) is 29.8 Å². The van der Waals surface area contributed by atoms with Crippen molar-refractivity contribution < 1.29 is 14.7 Å². The van der Waals surface area contributed by atoms with Crippen LogP contribution in [0.4, 0.5) is 0 Å². The number of hydrogen-bond acceptors (Lipinski definition) is 4. The minimum Gasteiger partial charge on any atom is -0.508 e. The summed E-state index contributed by atoms with van der Waals surface area (Å²) >= 11 is 0. The Kier molecular flexibility index (Phi) is 7.82. The predicted octanol–water partition coefficient (Wildman–Crippen LogP) is 2.86. The fourth-order valence-electron chi connectivity index (χ4n) is 2.53. The van der Waals surface area contributed by atoms with Crippen LogP contribution in [0, 0.1) is 11.8 Å². The largest absolute Gasteiger partial charge is 0.508 e. The molecule has 0 saturated heterocycles. The Bertz CT molecular complexity index is 482. The zero-order valence-electron chi connectivity index (χ0n) is 13.5. The molecule has 0 bridgehead atoms. The number of nitrogens with two attached hydrogens (primary N) is 1. The van der Waals surface area contributed by atoms with Crippen LogP contribution in [0.1, 0.15) is 45.1 Å². The van der Waals surface area contributed by atoms with Crippen LogP contribution in [0.3, 0.4) is 0 Å². The van der Waals surface area contributed by atoms with Crippen molar-refractivity contribution in [2.24, 2.45) is 17.6 Å². The fraction of sp³-hybridized carbons (Fsp3) is 0.556. The molecule has 0 aliphatic rings. The molecule has 0 saturated carbocycles. The molecule has 1 aromatic rings. The highest BCUT2D eigenvalue weighted by atomic mass is 16.3. The SMILES string of the molecule is CC(=O)[C@H](CCCCN)CC(=O)[C@@H](C)Cc1ccc(O)cc1. The monoisotopic (exact) mass is 305 g/mol. The zero-order chi connectivity index (χ0) is 16.5. The molecule has 3 N–H and O–H groups in total. The average molecular weight is 305 g/mol. The van der Waals surface area contributed by atoms with E-state index in [2.05, 4.69) is 0 Å². The van der Waals surface area contributed by atoms with E-state index in [-0.39, 0.29) is 29.2 Å². The topological polar surface area (TPSA) is 80.4 Å². The average Bonchev–Trinajstić information content (AvgIpc) is 2.48. The van der Waals surface area contributed by atoms with Crippen molar-refractivity contribution in [2.45, 2.75) is 46.0 Å². The number of phenols is 1. The first kappa shape index (κ1) is 18.4. The number of hydrogen-bond donors (Lipinski definition) is 2. The van der Waals surface area contributed by atoms with E-state index in [9.17, 15) is 14.7 Å². The van der Waals surface area contributed by atoms with E-state index in [1.807, 2.05) is 19.1 Å². The summed E-state index contributed by atoms with van der Waals surface area (Å²) in [6, 6.07) is 6.89. The van der Waals surface area contributed by atoms with Crippen LogP contribution < -0.4 is 5.73 Å². The fourth-order valence-corrected chi connectivity index (χ4v) is 2.53. The summed E-state index contributed by atoms with van der Waals surface area (Å²) in [6.45, 7) is 4.08. The van der Waals surface area contributed by atoms with Crippen LogP contribution in [0.5, 0.6) is 5.75 Å². The Morgan fingerprint density at radius 3 is 2.36 bits per heavy atom. The van der Waals surface area contributed by atoms with Crippen molar-refractivity contribution >= 4 is 11.6 Å². The number of aromatic hydroxyl groups is 1. The molecule has 4 nitrogen and oxygen atoms in total. The van der Waals surface area contributed by atoms with Crippen LogP contribution in [0.25, 0.3) is 0 Å². The molecule has 0 aliphatic carbocycles. The third-order valence-corrected chi connectivity index (χ3v) is 4.06. The van der Waals surface area contributed by atoms with Crippen molar-refractivity contribution in [3.8, 4) is 5.75 Å². The lowest BCUT2D eigenvalue weighted by Crippen LogP contribution is -2.21. The van der Waals surface area contributed by atoms with Crippen LogP contribution in [-0.2, 0) is 16.0 Å². The van der Waals surface area contributed by atoms with Gasteiger partial charge in [0.15, 0.2) is 0 Å². The Hall–Kier alpha value is -1.68. The van der Waals surface area contributed by atoms with Gasteiger partial charge in [-0.05, 0) is 50.4 Å². The number of Topliss-reactive ketones (excluding diaryl/α,β-unsaturated/α-hetero) is 2. The molecule has 1 aromatic carbocycles. The second-order valence-corrected chi connectivity index (χ2v) is 6.03. The van der Waals surface area contributed by atoms with Gasteiger partial charge in [-0.1, -0.05) is 25.5 Å². The van der Waals surface area contributed by atoms with Crippen LogP contribution in [-0.4, -0.2) is 23.2 Å². The molecule has 4 heteroatoms. The van der Waals surface area contributed by atoms with E-state index in [1.54, 1.807) is 19.1 Å². The van der Waals surface area contributed by atoms with Gasteiger partial charge in [0.1, 0.15) is 17.3 Å². The van der Waals surface area contributed by atoms with E-state index in [4.69, 9.17) is 5.73 Å². The number of carbonyl (C=O) groups excluding carboxylic acids is 2. The highest BCUT2D eigenvalue weighted by molar-refractivity contribution is 5.87. The highest BCUT2D eigenvalue weighted by Gasteiger charge is 2.22. The highest BCUT2D eigenvalue weighted by Crippen LogP contribution is 2.20. The molecule has 0 radical (unpaired) electrons. The zero-order valence-corrected chi connectivity index (χ0v) is 13.5. The third kappa shape index (κ3) is 6.39. The van der Waals surface area contributed by atoms with Crippen molar-refractivity contribution in [2.75, 3.05) is 6.54 Å². The normalized spacial score (nSPS) is 13.6. The van der Waals surface area contributed by atoms with Gasteiger partial charge in [-0.2, -0.15) is 0 Å². The summed E-state index contributed by atoms with van der Waals surface area (Å²) in [4.78, 5) is 24.0. The first-order chi connectivity index (χ1) is 10.4. The van der Waals surface area contributed by atoms with Crippen molar-refractivity contribution in [1.29, 1.82) is 0 Å². The third-order valence-electron chi connectivity index (χ3n) is 4.06. The van der Waals surface area contributed by atoms with E-state index in [0.29, 0.717) is 19.4 Å². The Balaban J connectivity index is 2.53. The van der Waals surface area contributed by atoms with Gasteiger partial charge in [-0.15, -0.1) is 0 Å². The first-order valence-electron chi connectivity index (χ1n) is 7.95. The molecule has 0 heterocycles. The summed E-state index contributed by atoms with van der Waals surface area (Å²) in [7, 11) is 0. The van der Waals surface area contributed by atoms with Crippen molar-refractivity contribution in [3.63, 3.8) is 0 Å². The smallest absolute Gasteiger partial charge is 0.136 e. The Morgan fingerprint density at radius 2 is 1.82 bits per heavy atom. The molecular formula is C18H27NO3. The van der Waals surface area contributed by atoms with Crippen LogP contribution in [0.15, 0.2) is 24.3 Å². The number of carbonyl (C=O) groups is 2. The van der Waals surface area contributed by atoms with E-state index >= 15 is 0 Å². The van der Waals surface area contributed by atoms with Gasteiger partial charge < -0.3 is 10.8 Å². The molecule has 1 rings (SSSR count). The standard InChI is InChI=1S/C18H27NO3/c1-13(11-15-6-8-17(21)9-7-15)18(22)12-16(14(2)20)5-3-4-10-19/h6-9,13,16,21H,3-5,10-12,19H2,1-2H3/t13-,16+/m0/s1. The first-order valence-corrected chi connectivity index (χ1v) is 7.95. The van der Waals surface area contributed by atoms with Crippen LogP contribution in [0.2, 0.25) is 0 Å². The lowest BCUT2D eigenvalue weighted by molar-refractivity contribution is -0.128. The lowest BCUT2D eigenvalue weighted by atomic mass is 9.87.